The number of hydrazone groups is 1. The van der Waals surface area contributed by atoms with Crippen molar-refractivity contribution in [2.24, 2.45) is 5.10 Å². The lowest BCUT2D eigenvalue weighted by Gasteiger charge is -2.11. The van der Waals surface area contributed by atoms with Gasteiger partial charge in [0.2, 0.25) is 0 Å². The summed E-state index contributed by atoms with van der Waals surface area (Å²) in [5.41, 5.74) is 4.47. The van der Waals surface area contributed by atoms with E-state index >= 15 is 0 Å². The molecule has 2 amide bonds. The predicted octanol–water partition coefficient (Wildman–Crippen LogP) is 2.49. The van der Waals surface area contributed by atoms with E-state index in [4.69, 9.17) is 11.6 Å². The highest BCUT2D eigenvalue weighted by molar-refractivity contribution is 6.39. The van der Waals surface area contributed by atoms with E-state index in [1.165, 1.54) is 6.21 Å². The maximum Gasteiger partial charge on any atom is 0.329 e. The van der Waals surface area contributed by atoms with Gasteiger partial charge in [-0.25, -0.2) is 5.43 Å². The van der Waals surface area contributed by atoms with Crippen molar-refractivity contribution in [2.75, 3.05) is 24.3 Å². The largest absolute Gasteiger partial charge is 0.378 e. The smallest absolute Gasteiger partial charge is 0.329 e. The Morgan fingerprint density at radius 3 is 2.42 bits per heavy atom. The number of nitrogens with zero attached hydrogens (tertiary/aromatic N) is 2. The van der Waals surface area contributed by atoms with Crippen LogP contribution in [0.4, 0.5) is 11.4 Å². The monoisotopic (exact) mass is 344 g/mol. The van der Waals surface area contributed by atoms with Gasteiger partial charge in [-0.2, -0.15) is 5.10 Å². The molecule has 0 saturated heterocycles. The molecule has 7 heteroatoms. The summed E-state index contributed by atoms with van der Waals surface area (Å²) in [6.45, 7) is 0. The Kier molecular flexibility index (Phi) is 5.92. The molecule has 2 rings (SSSR count). The van der Waals surface area contributed by atoms with E-state index < -0.39 is 11.8 Å². The number of rotatable bonds is 4. The SMILES string of the molecule is CN(C)c1ccc(C=NNC(=O)C(=O)Nc2cccc(Cl)c2)cc1. The lowest BCUT2D eigenvalue weighted by Crippen LogP contribution is -2.32. The minimum absolute atomic E-state index is 0.436. The standard InChI is InChI=1S/C17H17ClN4O2/c1-22(2)15-8-6-12(7-9-15)11-19-21-17(24)16(23)20-14-5-3-4-13(18)10-14/h3-11H,1-2H3,(H,20,23)(H,21,24). The molecule has 0 aliphatic carbocycles. The summed E-state index contributed by atoms with van der Waals surface area (Å²) in [7, 11) is 3.89. The molecule has 0 unspecified atom stereocenters. The van der Waals surface area contributed by atoms with Crippen molar-refractivity contribution in [1.29, 1.82) is 0 Å². The van der Waals surface area contributed by atoms with Crippen LogP contribution in [0.2, 0.25) is 5.02 Å². The van der Waals surface area contributed by atoms with Crippen LogP contribution >= 0.6 is 11.6 Å². The minimum atomic E-state index is -0.865. The molecule has 0 atom stereocenters. The Bertz CT molecular complexity index is 757. The number of hydrogen-bond acceptors (Lipinski definition) is 4. The first kappa shape index (κ1) is 17.5. The van der Waals surface area contributed by atoms with E-state index in [0.717, 1.165) is 11.3 Å². The van der Waals surface area contributed by atoms with Gasteiger partial charge in [0, 0.05) is 30.5 Å². The third-order valence-electron chi connectivity index (χ3n) is 3.08. The van der Waals surface area contributed by atoms with Gasteiger partial charge in [-0.3, -0.25) is 9.59 Å². The number of nitrogens with one attached hydrogen (secondary N) is 2. The van der Waals surface area contributed by atoms with Crippen LogP contribution < -0.4 is 15.6 Å². The Hall–Kier alpha value is -2.86. The van der Waals surface area contributed by atoms with E-state index in [0.29, 0.717) is 10.7 Å². The average Bonchev–Trinajstić information content (AvgIpc) is 2.55. The third kappa shape index (κ3) is 5.10. The van der Waals surface area contributed by atoms with Crippen LogP contribution in [0.1, 0.15) is 5.56 Å². The number of benzene rings is 2. The molecule has 124 valence electrons. The zero-order chi connectivity index (χ0) is 17.5. The molecule has 0 fully saturated rings. The lowest BCUT2D eigenvalue weighted by molar-refractivity contribution is -0.136. The van der Waals surface area contributed by atoms with Crippen LogP contribution in [-0.2, 0) is 9.59 Å². The first-order valence-corrected chi connectivity index (χ1v) is 7.51. The molecule has 2 N–H and O–H groups in total. The maximum atomic E-state index is 11.7. The fourth-order valence-corrected chi connectivity index (χ4v) is 2.02. The molecule has 0 aliphatic heterocycles. The van der Waals surface area contributed by atoms with Crippen molar-refractivity contribution < 1.29 is 9.59 Å². The Labute approximate surface area is 145 Å². The van der Waals surface area contributed by atoms with Gasteiger partial charge in [-0.15, -0.1) is 0 Å². The summed E-state index contributed by atoms with van der Waals surface area (Å²) >= 11 is 5.81. The number of carbonyl (C=O) groups is 2. The van der Waals surface area contributed by atoms with E-state index in [1.807, 2.05) is 43.3 Å². The van der Waals surface area contributed by atoms with Gasteiger partial charge < -0.3 is 10.2 Å². The van der Waals surface area contributed by atoms with Crippen molar-refractivity contribution in [3.8, 4) is 0 Å². The molecule has 2 aromatic carbocycles. The van der Waals surface area contributed by atoms with E-state index in [1.54, 1.807) is 24.3 Å². The van der Waals surface area contributed by atoms with Gasteiger partial charge in [0.15, 0.2) is 0 Å². The fraction of sp³-hybridized carbons (Fsp3) is 0.118. The fourth-order valence-electron chi connectivity index (χ4n) is 1.83. The van der Waals surface area contributed by atoms with Crippen LogP contribution in [0.3, 0.4) is 0 Å². The second-order valence-electron chi connectivity index (χ2n) is 5.15. The lowest BCUT2D eigenvalue weighted by atomic mass is 10.2. The van der Waals surface area contributed by atoms with Crippen LogP contribution in [0, 0.1) is 0 Å². The highest BCUT2D eigenvalue weighted by Gasteiger charge is 2.12. The van der Waals surface area contributed by atoms with Crippen molar-refractivity contribution in [1.82, 2.24) is 5.43 Å². The van der Waals surface area contributed by atoms with E-state index in [2.05, 4.69) is 15.8 Å². The number of anilines is 2. The summed E-state index contributed by atoms with van der Waals surface area (Å²) in [5, 5.41) is 6.67. The molecule has 0 saturated carbocycles. The first-order chi connectivity index (χ1) is 11.5. The molecule has 24 heavy (non-hydrogen) atoms. The van der Waals surface area contributed by atoms with Crippen molar-refractivity contribution in [3.63, 3.8) is 0 Å². The van der Waals surface area contributed by atoms with Gasteiger partial charge in [0.25, 0.3) is 0 Å². The molecule has 0 spiro atoms. The minimum Gasteiger partial charge on any atom is -0.378 e. The van der Waals surface area contributed by atoms with Crippen LogP contribution in [-0.4, -0.2) is 32.1 Å². The molecular formula is C17H17ClN4O2. The summed E-state index contributed by atoms with van der Waals surface area (Å²) in [6.07, 6.45) is 1.46. The van der Waals surface area contributed by atoms with Crippen molar-refractivity contribution in [3.05, 3.63) is 59.1 Å². The van der Waals surface area contributed by atoms with E-state index in [-0.39, 0.29) is 0 Å². The van der Waals surface area contributed by atoms with Gasteiger partial charge in [-0.05, 0) is 35.9 Å². The third-order valence-corrected chi connectivity index (χ3v) is 3.31. The second-order valence-corrected chi connectivity index (χ2v) is 5.59. The number of hydrogen-bond donors (Lipinski definition) is 2. The quantitative estimate of drug-likeness (QED) is 0.508. The number of halogens is 1. The number of carbonyl (C=O) groups excluding carboxylic acids is 2. The molecule has 0 bridgehead atoms. The summed E-state index contributed by atoms with van der Waals surface area (Å²) in [6, 6.07) is 14.1. The van der Waals surface area contributed by atoms with Crippen LogP contribution in [0.15, 0.2) is 53.6 Å². The van der Waals surface area contributed by atoms with Crippen molar-refractivity contribution >= 4 is 41.0 Å². The summed E-state index contributed by atoms with van der Waals surface area (Å²) in [5.74, 6) is -1.69. The molecule has 0 radical (unpaired) electrons. The van der Waals surface area contributed by atoms with Crippen LogP contribution in [0.5, 0.6) is 0 Å². The molecule has 6 nitrogen and oxygen atoms in total. The molecule has 2 aromatic rings. The average molecular weight is 345 g/mol. The zero-order valence-electron chi connectivity index (χ0n) is 13.3. The number of amides is 2. The summed E-state index contributed by atoms with van der Waals surface area (Å²) < 4.78 is 0. The van der Waals surface area contributed by atoms with E-state index in [9.17, 15) is 9.59 Å². The highest BCUT2D eigenvalue weighted by atomic mass is 35.5. The molecular weight excluding hydrogens is 328 g/mol. The maximum absolute atomic E-state index is 11.7. The van der Waals surface area contributed by atoms with Gasteiger partial charge in [0.1, 0.15) is 0 Å². The Balaban J connectivity index is 1.88. The van der Waals surface area contributed by atoms with Crippen LogP contribution in [0.25, 0.3) is 0 Å². The van der Waals surface area contributed by atoms with Gasteiger partial charge >= 0.3 is 11.8 Å². The normalized spacial score (nSPS) is 10.5. The Morgan fingerprint density at radius 1 is 1.08 bits per heavy atom. The first-order valence-electron chi connectivity index (χ1n) is 7.13. The topological polar surface area (TPSA) is 73.8 Å². The molecule has 0 heterocycles. The zero-order valence-corrected chi connectivity index (χ0v) is 14.0. The Morgan fingerprint density at radius 2 is 1.79 bits per heavy atom. The predicted molar refractivity (Wildman–Crippen MR) is 96.6 cm³/mol. The highest BCUT2D eigenvalue weighted by Crippen LogP contribution is 2.14. The summed E-state index contributed by atoms with van der Waals surface area (Å²) in [4.78, 5) is 25.4. The molecule has 0 aliphatic rings. The van der Waals surface area contributed by atoms with Gasteiger partial charge in [0.05, 0.1) is 6.21 Å². The molecule has 0 aromatic heterocycles. The van der Waals surface area contributed by atoms with Crippen molar-refractivity contribution in [2.45, 2.75) is 0 Å². The second kappa shape index (κ2) is 8.12. The van der Waals surface area contributed by atoms with Gasteiger partial charge in [-0.1, -0.05) is 29.8 Å².